The van der Waals surface area contributed by atoms with Crippen LogP contribution in [0.1, 0.15) is 20.8 Å². The van der Waals surface area contributed by atoms with E-state index in [9.17, 15) is 14.4 Å². The van der Waals surface area contributed by atoms with E-state index < -0.39 is 23.2 Å². The summed E-state index contributed by atoms with van der Waals surface area (Å²) in [6.45, 7) is 5.13. The van der Waals surface area contributed by atoms with Crippen molar-refractivity contribution < 1.29 is 14.4 Å². The molecule has 0 bridgehead atoms. The Labute approximate surface area is 197 Å². The summed E-state index contributed by atoms with van der Waals surface area (Å²) in [6.07, 6.45) is 0. The van der Waals surface area contributed by atoms with E-state index >= 15 is 0 Å². The Hall–Kier alpha value is -4.14. The third kappa shape index (κ3) is 2.86. The second-order valence-corrected chi connectivity index (χ2v) is 8.70. The highest BCUT2D eigenvalue weighted by Crippen LogP contribution is 2.50. The molecular weight excluding hydrogens is 432 g/mol. The normalized spacial score (nSPS) is 26.9. The van der Waals surface area contributed by atoms with Crippen LogP contribution >= 0.6 is 0 Å². The maximum atomic E-state index is 14.3. The first-order chi connectivity index (χ1) is 16.3. The number of amides is 3. The van der Waals surface area contributed by atoms with Crippen LogP contribution in [0.5, 0.6) is 0 Å². The van der Waals surface area contributed by atoms with Gasteiger partial charge in [0.25, 0.3) is 17.7 Å². The van der Waals surface area contributed by atoms with E-state index in [0.29, 0.717) is 28.5 Å². The van der Waals surface area contributed by atoms with E-state index in [1.54, 1.807) is 64.2 Å². The van der Waals surface area contributed by atoms with Crippen molar-refractivity contribution in [1.82, 2.24) is 5.01 Å². The van der Waals surface area contributed by atoms with E-state index in [1.165, 1.54) is 15.0 Å². The second-order valence-electron chi connectivity index (χ2n) is 8.70. The molecule has 0 aromatic heterocycles. The van der Waals surface area contributed by atoms with Gasteiger partial charge in [0.05, 0.1) is 17.1 Å². The van der Waals surface area contributed by atoms with Crippen LogP contribution in [0, 0.1) is 17.3 Å². The molecule has 3 amide bonds. The van der Waals surface area contributed by atoms with E-state index in [-0.39, 0.29) is 11.8 Å². The molecule has 2 aromatic rings. The minimum absolute atomic E-state index is 0.353. The van der Waals surface area contributed by atoms with Crippen molar-refractivity contribution in [3.05, 3.63) is 60.7 Å². The van der Waals surface area contributed by atoms with Gasteiger partial charge in [0.1, 0.15) is 17.3 Å². The van der Waals surface area contributed by atoms with Gasteiger partial charge in [0.2, 0.25) is 0 Å². The van der Waals surface area contributed by atoms with Crippen molar-refractivity contribution in [2.45, 2.75) is 20.8 Å². The van der Waals surface area contributed by atoms with Gasteiger partial charge in [-0.2, -0.15) is 20.3 Å². The number of carbonyl (C=O) groups excluding carboxylic acids is 3. The van der Waals surface area contributed by atoms with Gasteiger partial charge >= 0.3 is 0 Å². The summed E-state index contributed by atoms with van der Waals surface area (Å²) in [7, 11) is 1.55. The standard InChI is InChI=1S/C25H24N6O3/c1-15-20(22(32)29(4)26-15)25(17(3)28-31(24(25)34)19-13-9-6-10-14-19)21-16(2)27-30(23(21)33)18-11-7-5-8-12-18/h5-14,20-21H,1-4H3/t20-,21+,25-/m0/s1. The van der Waals surface area contributed by atoms with Crippen LogP contribution in [0.25, 0.3) is 0 Å². The molecule has 0 fully saturated rings. The summed E-state index contributed by atoms with van der Waals surface area (Å²) in [6, 6.07) is 18.0. The first-order valence-corrected chi connectivity index (χ1v) is 11.0. The average Bonchev–Trinajstić information content (AvgIpc) is 3.38. The minimum Gasteiger partial charge on any atom is -0.272 e. The maximum Gasteiger partial charge on any atom is 0.261 e. The lowest BCUT2D eigenvalue weighted by Crippen LogP contribution is -2.58. The monoisotopic (exact) mass is 456 g/mol. The molecule has 2 aromatic carbocycles. The van der Waals surface area contributed by atoms with Crippen LogP contribution in [0.15, 0.2) is 76.0 Å². The fraction of sp³-hybridized carbons (Fsp3) is 0.280. The Kier molecular flexibility index (Phi) is 4.93. The van der Waals surface area contributed by atoms with Crippen molar-refractivity contribution >= 4 is 46.2 Å². The highest BCUT2D eigenvalue weighted by molar-refractivity contribution is 6.32. The third-order valence-electron chi connectivity index (χ3n) is 6.73. The van der Waals surface area contributed by atoms with Crippen LogP contribution in [0.3, 0.4) is 0 Å². The number of para-hydroxylation sites is 2. The highest BCUT2D eigenvalue weighted by Gasteiger charge is 2.68. The lowest BCUT2D eigenvalue weighted by Gasteiger charge is -2.37. The Morgan fingerprint density at radius 1 is 0.676 bits per heavy atom. The molecule has 9 nitrogen and oxygen atoms in total. The van der Waals surface area contributed by atoms with Gasteiger partial charge in [-0.25, -0.2) is 10.0 Å². The Balaban J connectivity index is 1.69. The van der Waals surface area contributed by atoms with Crippen molar-refractivity contribution in [2.75, 3.05) is 17.1 Å². The van der Waals surface area contributed by atoms with E-state index in [2.05, 4.69) is 15.3 Å². The molecule has 0 aliphatic carbocycles. The molecule has 0 saturated carbocycles. The Bertz CT molecular complexity index is 1290. The zero-order chi connectivity index (χ0) is 24.2. The zero-order valence-electron chi connectivity index (χ0n) is 19.3. The Morgan fingerprint density at radius 2 is 1.18 bits per heavy atom. The SMILES string of the molecule is CC1=NN(C)C(=O)[C@H]1[C@@]1([C@H]2C(=O)N(c3ccccc3)N=C2C)C(=O)N(c2ccccc2)N=C1C. The molecule has 5 rings (SSSR count). The predicted octanol–water partition coefficient (Wildman–Crippen LogP) is 2.90. The molecule has 0 N–H and O–H groups in total. The van der Waals surface area contributed by atoms with Gasteiger partial charge in [-0.15, -0.1) is 0 Å². The highest BCUT2D eigenvalue weighted by atomic mass is 16.2. The number of hydrazone groups is 3. The smallest absolute Gasteiger partial charge is 0.261 e. The number of carbonyl (C=O) groups is 3. The lowest BCUT2D eigenvalue weighted by molar-refractivity contribution is -0.140. The lowest BCUT2D eigenvalue weighted by atomic mass is 9.60. The van der Waals surface area contributed by atoms with E-state index in [1.807, 2.05) is 24.3 Å². The quantitative estimate of drug-likeness (QED) is 0.707. The summed E-state index contributed by atoms with van der Waals surface area (Å²) in [5, 5.41) is 17.3. The first-order valence-electron chi connectivity index (χ1n) is 11.0. The van der Waals surface area contributed by atoms with Crippen molar-refractivity contribution in [3.63, 3.8) is 0 Å². The van der Waals surface area contributed by atoms with Gasteiger partial charge in [-0.1, -0.05) is 36.4 Å². The number of anilines is 2. The van der Waals surface area contributed by atoms with Gasteiger partial charge in [0.15, 0.2) is 0 Å². The molecule has 34 heavy (non-hydrogen) atoms. The maximum absolute atomic E-state index is 14.3. The van der Waals surface area contributed by atoms with Crippen LogP contribution in [0.4, 0.5) is 11.4 Å². The Morgan fingerprint density at radius 3 is 1.71 bits per heavy atom. The van der Waals surface area contributed by atoms with Crippen LogP contribution in [0.2, 0.25) is 0 Å². The van der Waals surface area contributed by atoms with Crippen LogP contribution < -0.4 is 10.0 Å². The summed E-state index contributed by atoms with van der Waals surface area (Å²) >= 11 is 0. The second kappa shape index (κ2) is 7.72. The summed E-state index contributed by atoms with van der Waals surface area (Å²) in [4.78, 5) is 41.6. The summed E-state index contributed by atoms with van der Waals surface area (Å²) in [5.74, 6) is -3.16. The van der Waals surface area contributed by atoms with E-state index in [4.69, 9.17) is 0 Å². The summed E-state index contributed by atoms with van der Waals surface area (Å²) in [5.41, 5.74) is 0.851. The molecule has 0 spiro atoms. The molecule has 3 aliphatic rings. The minimum atomic E-state index is -1.58. The molecule has 3 heterocycles. The van der Waals surface area contributed by atoms with Crippen LogP contribution in [-0.4, -0.2) is 46.9 Å². The fourth-order valence-electron chi connectivity index (χ4n) is 5.26. The molecule has 0 radical (unpaired) electrons. The number of hydrogen-bond acceptors (Lipinski definition) is 6. The van der Waals surface area contributed by atoms with Crippen molar-refractivity contribution in [3.8, 4) is 0 Å². The number of hydrogen-bond donors (Lipinski definition) is 0. The first kappa shape index (κ1) is 21.7. The number of benzene rings is 2. The van der Waals surface area contributed by atoms with Gasteiger partial charge < -0.3 is 0 Å². The molecule has 3 atom stereocenters. The molecular formula is C25H24N6O3. The average molecular weight is 457 g/mol. The topological polar surface area (TPSA) is 98.0 Å². The molecule has 0 saturated heterocycles. The number of nitrogens with zero attached hydrogens (tertiary/aromatic N) is 6. The van der Waals surface area contributed by atoms with Gasteiger partial charge in [-0.3, -0.25) is 14.4 Å². The largest absolute Gasteiger partial charge is 0.272 e. The molecule has 0 unspecified atom stereocenters. The van der Waals surface area contributed by atoms with Crippen molar-refractivity contribution in [1.29, 1.82) is 0 Å². The van der Waals surface area contributed by atoms with Gasteiger partial charge in [0, 0.05) is 18.5 Å². The van der Waals surface area contributed by atoms with Gasteiger partial charge in [-0.05, 0) is 45.0 Å². The molecule has 3 aliphatic heterocycles. The fourth-order valence-corrected chi connectivity index (χ4v) is 5.26. The van der Waals surface area contributed by atoms with Crippen molar-refractivity contribution in [2.24, 2.45) is 32.6 Å². The molecule has 172 valence electrons. The van der Waals surface area contributed by atoms with E-state index in [0.717, 1.165) is 0 Å². The van der Waals surface area contributed by atoms with Crippen LogP contribution in [-0.2, 0) is 14.4 Å². The molecule has 9 heteroatoms. The predicted molar refractivity (Wildman–Crippen MR) is 129 cm³/mol. The zero-order valence-corrected chi connectivity index (χ0v) is 19.3. The number of rotatable bonds is 4. The third-order valence-corrected chi connectivity index (χ3v) is 6.73. The summed E-state index contributed by atoms with van der Waals surface area (Å²) < 4.78 is 0.